The molecule has 1 heterocycles. The largest absolute Gasteiger partial charge is 0.373 e. The second-order valence-corrected chi connectivity index (χ2v) is 4.90. The van der Waals surface area contributed by atoms with E-state index in [1.165, 1.54) is 26.2 Å². The zero-order valence-corrected chi connectivity index (χ0v) is 10.8. The third-order valence-electron chi connectivity index (χ3n) is 3.65. The Balaban J connectivity index is 2.29. The van der Waals surface area contributed by atoms with Crippen molar-refractivity contribution in [3.05, 3.63) is 27.7 Å². The van der Waals surface area contributed by atoms with E-state index in [2.05, 4.69) is 9.97 Å². The third kappa shape index (κ3) is 2.61. The normalized spacial score (nSPS) is 18.8. The number of hydrogen-bond donors (Lipinski definition) is 1. The van der Waals surface area contributed by atoms with Crippen LogP contribution in [0.15, 0.2) is 4.79 Å². The third-order valence-corrected chi connectivity index (χ3v) is 3.65. The number of hydrogen-bond acceptors (Lipinski definition) is 3. The first kappa shape index (κ1) is 13.2. The minimum atomic E-state index is -0.808. The van der Waals surface area contributed by atoms with Crippen LogP contribution in [0.4, 0.5) is 4.39 Å². The van der Waals surface area contributed by atoms with Crippen LogP contribution in [0.3, 0.4) is 0 Å². The Morgan fingerprint density at radius 1 is 1.39 bits per heavy atom. The standard InChI is InChI=1S/C13H19FN2O2/c1-8-10(14)13(17)16-12(15-8)11(18-2)9-6-4-3-5-7-9/h9,11H,3-7H2,1-2H3,(H,15,16,17). The van der Waals surface area contributed by atoms with Gasteiger partial charge in [0.25, 0.3) is 5.56 Å². The van der Waals surface area contributed by atoms with Crippen LogP contribution < -0.4 is 5.56 Å². The van der Waals surface area contributed by atoms with Crippen molar-refractivity contribution in [1.29, 1.82) is 0 Å². The van der Waals surface area contributed by atoms with Crippen LogP contribution in [-0.2, 0) is 4.74 Å². The van der Waals surface area contributed by atoms with E-state index in [4.69, 9.17) is 4.74 Å². The summed E-state index contributed by atoms with van der Waals surface area (Å²) in [7, 11) is 1.61. The van der Waals surface area contributed by atoms with Gasteiger partial charge in [0.05, 0.1) is 5.69 Å². The highest BCUT2D eigenvalue weighted by Crippen LogP contribution is 2.34. The van der Waals surface area contributed by atoms with Crippen LogP contribution in [0.2, 0.25) is 0 Å². The molecular formula is C13H19FN2O2. The van der Waals surface area contributed by atoms with Crippen molar-refractivity contribution in [3.8, 4) is 0 Å². The lowest BCUT2D eigenvalue weighted by Crippen LogP contribution is -2.25. The monoisotopic (exact) mass is 254 g/mol. The smallest absolute Gasteiger partial charge is 0.287 e. The highest BCUT2D eigenvalue weighted by Gasteiger charge is 2.27. The van der Waals surface area contributed by atoms with E-state index in [0.29, 0.717) is 11.7 Å². The molecule has 18 heavy (non-hydrogen) atoms. The summed E-state index contributed by atoms with van der Waals surface area (Å²) >= 11 is 0. The van der Waals surface area contributed by atoms with Crippen LogP contribution in [0, 0.1) is 18.7 Å². The van der Waals surface area contributed by atoms with Crippen LogP contribution in [0.1, 0.15) is 49.7 Å². The van der Waals surface area contributed by atoms with E-state index in [1.54, 1.807) is 7.11 Å². The average Bonchev–Trinajstić information content (AvgIpc) is 2.38. The number of rotatable bonds is 3. The van der Waals surface area contributed by atoms with Gasteiger partial charge in [-0.1, -0.05) is 19.3 Å². The van der Waals surface area contributed by atoms with Gasteiger partial charge in [-0.25, -0.2) is 4.98 Å². The van der Waals surface area contributed by atoms with Crippen molar-refractivity contribution in [1.82, 2.24) is 9.97 Å². The molecule has 5 heteroatoms. The molecule has 0 aromatic carbocycles. The summed E-state index contributed by atoms with van der Waals surface area (Å²) in [5.74, 6) is 0.00214. The topological polar surface area (TPSA) is 55.0 Å². The number of ether oxygens (including phenoxy) is 1. The van der Waals surface area contributed by atoms with Crippen molar-refractivity contribution >= 4 is 0 Å². The molecular weight excluding hydrogens is 235 g/mol. The van der Waals surface area contributed by atoms with Crippen molar-refractivity contribution in [2.24, 2.45) is 5.92 Å². The van der Waals surface area contributed by atoms with Crippen LogP contribution in [0.25, 0.3) is 0 Å². The van der Waals surface area contributed by atoms with Gasteiger partial charge in [0.1, 0.15) is 11.9 Å². The molecule has 1 fully saturated rings. The molecule has 1 aliphatic rings. The summed E-state index contributed by atoms with van der Waals surface area (Å²) in [4.78, 5) is 18.1. The first-order valence-corrected chi connectivity index (χ1v) is 6.42. The highest BCUT2D eigenvalue weighted by molar-refractivity contribution is 5.06. The molecule has 1 saturated carbocycles. The maximum absolute atomic E-state index is 13.3. The molecule has 2 rings (SSSR count). The number of methoxy groups -OCH3 is 1. The van der Waals surface area contributed by atoms with E-state index in [9.17, 15) is 9.18 Å². The Kier molecular flexibility index (Phi) is 4.11. The van der Waals surface area contributed by atoms with Crippen molar-refractivity contribution in [2.45, 2.75) is 45.1 Å². The first-order valence-electron chi connectivity index (χ1n) is 6.42. The molecule has 0 radical (unpaired) electrons. The fraction of sp³-hybridized carbons (Fsp3) is 0.692. The van der Waals surface area contributed by atoms with Gasteiger partial charge in [-0.2, -0.15) is 4.39 Å². The van der Waals surface area contributed by atoms with Crippen molar-refractivity contribution in [2.75, 3.05) is 7.11 Å². The van der Waals surface area contributed by atoms with Gasteiger partial charge in [0.2, 0.25) is 5.82 Å². The van der Waals surface area contributed by atoms with Crippen LogP contribution >= 0.6 is 0 Å². The van der Waals surface area contributed by atoms with E-state index < -0.39 is 11.4 Å². The van der Waals surface area contributed by atoms with Gasteiger partial charge in [-0.05, 0) is 25.7 Å². The minimum absolute atomic E-state index is 0.131. The van der Waals surface area contributed by atoms with Crippen molar-refractivity contribution in [3.63, 3.8) is 0 Å². The van der Waals surface area contributed by atoms with Gasteiger partial charge in [-0.15, -0.1) is 0 Å². The van der Waals surface area contributed by atoms with Crippen LogP contribution in [-0.4, -0.2) is 17.1 Å². The molecule has 0 aliphatic heterocycles. The lowest BCUT2D eigenvalue weighted by molar-refractivity contribution is 0.0284. The first-order chi connectivity index (χ1) is 8.63. The molecule has 1 unspecified atom stereocenters. The fourth-order valence-electron chi connectivity index (χ4n) is 2.69. The van der Waals surface area contributed by atoms with Gasteiger partial charge in [-0.3, -0.25) is 4.79 Å². The lowest BCUT2D eigenvalue weighted by Gasteiger charge is -2.28. The summed E-state index contributed by atoms with van der Waals surface area (Å²) < 4.78 is 18.7. The SMILES string of the molecule is COC(c1nc(C)c(F)c(=O)[nH]1)C1CCCCC1. The van der Waals surface area contributed by atoms with Gasteiger partial charge < -0.3 is 9.72 Å². The molecule has 0 spiro atoms. The lowest BCUT2D eigenvalue weighted by atomic mass is 9.85. The average molecular weight is 254 g/mol. The van der Waals surface area contributed by atoms with E-state index >= 15 is 0 Å². The summed E-state index contributed by atoms with van der Waals surface area (Å²) in [5.41, 5.74) is -0.582. The molecule has 1 aliphatic carbocycles. The van der Waals surface area contributed by atoms with E-state index in [0.717, 1.165) is 12.8 Å². The quantitative estimate of drug-likeness (QED) is 0.901. The second kappa shape index (κ2) is 5.61. The number of aryl methyl sites for hydroxylation is 1. The molecule has 0 saturated heterocycles. The fourth-order valence-corrected chi connectivity index (χ4v) is 2.69. The number of H-pyrrole nitrogens is 1. The minimum Gasteiger partial charge on any atom is -0.373 e. The molecule has 100 valence electrons. The van der Waals surface area contributed by atoms with Crippen molar-refractivity contribution < 1.29 is 9.13 Å². The molecule has 4 nitrogen and oxygen atoms in total. The van der Waals surface area contributed by atoms with Crippen LogP contribution in [0.5, 0.6) is 0 Å². The Morgan fingerprint density at radius 2 is 2.06 bits per heavy atom. The zero-order valence-electron chi connectivity index (χ0n) is 10.8. The van der Waals surface area contributed by atoms with E-state index in [1.807, 2.05) is 0 Å². The molecule has 1 aromatic heterocycles. The Morgan fingerprint density at radius 3 is 2.61 bits per heavy atom. The molecule has 1 aromatic rings. The summed E-state index contributed by atoms with van der Waals surface area (Å²) in [6, 6.07) is 0. The number of aromatic nitrogens is 2. The zero-order chi connectivity index (χ0) is 13.1. The number of nitrogens with zero attached hydrogens (tertiary/aromatic N) is 1. The van der Waals surface area contributed by atoms with Gasteiger partial charge >= 0.3 is 0 Å². The summed E-state index contributed by atoms with van der Waals surface area (Å²) in [6.45, 7) is 1.50. The maximum Gasteiger partial charge on any atom is 0.287 e. The Bertz CT molecular complexity index is 467. The number of aromatic amines is 1. The summed E-state index contributed by atoms with van der Waals surface area (Å²) in [5, 5.41) is 0. The Hall–Kier alpha value is -1.23. The number of nitrogens with one attached hydrogen (secondary N) is 1. The van der Waals surface area contributed by atoms with Gasteiger partial charge in [0, 0.05) is 7.11 Å². The highest BCUT2D eigenvalue weighted by atomic mass is 19.1. The summed E-state index contributed by atoms with van der Waals surface area (Å²) in [6.07, 6.45) is 5.50. The van der Waals surface area contributed by atoms with Gasteiger partial charge in [0.15, 0.2) is 0 Å². The predicted octanol–water partition coefficient (Wildman–Crippen LogP) is 2.49. The molecule has 0 bridgehead atoms. The Labute approximate surface area is 106 Å². The predicted molar refractivity (Wildman–Crippen MR) is 65.9 cm³/mol. The van der Waals surface area contributed by atoms with E-state index in [-0.39, 0.29) is 11.8 Å². The molecule has 0 amide bonds. The molecule has 1 atom stereocenters. The number of halogens is 1. The maximum atomic E-state index is 13.3. The molecule has 1 N–H and O–H groups in total. The second-order valence-electron chi connectivity index (χ2n) is 4.90.